The Morgan fingerprint density at radius 1 is 1.56 bits per heavy atom. The summed E-state index contributed by atoms with van der Waals surface area (Å²) in [5.41, 5.74) is 0. The van der Waals surface area contributed by atoms with Crippen molar-refractivity contribution in [2.45, 2.75) is 20.3 Å². The van der Waals surface area contributed by atoms with Gasteiger partial charge in [-0.05, 0) is 31.3 Å². The quantitative estimate of drug-likeness (QED) is 0.461. The average Bonchev–Trinajstić information content (AvgIpc) is 2.14. The molecule has 0 spiro atoms. The molecule has 1 unspecified atom stereocenters. The highest BCUT2D eigenvalue weighted by atomic mass is 15.0. The zero-order chi connectivity index (χ0) is 6.85. The van der Waals surface area contributed by atoms with Gasteiger partial charge in [0.2, 0.25) is 0 Å². The standard InChI is InChI=1S/C7H16BN/c1-6(2)7-3-4-9(8)5-7/h6-7H,3-5,8H2,1-2H3. The van der Waals surface area contributed by atoms with E-state index in [0.29, 0.717) is 0 Å². The molecule has 0 bridgehead atoms. The molecule has 1 aliphatic heterocycles. The van der Waals surface area contributed by atoms with Crippen LogP contribution in [0.15, 0.2) is 0 Å². The smallest absolute Gasteiger partial charge is 0.185 e. The summed E-state index contributed by atoms with van der Waals surface area (Å²) in [5, 5.41) is 0. The van der Waals surface area contributed by atoms with Gasteiger partial charge in [0.05, 0.1) is 0 Å². The van der Waals surface area contributed by atoms with E-state index < -0.39 is 0 Å². The lowest BCUT2D eigenvalue weighted by Gasteiger charge is -2.13. The van der Waals surface area contributed by atoms with Gasteiger partial charge in [-0.25, -0.2) is 0 Å². The third-order valence-electron chi connectivity index (χ3n) is 2.37. The first-order valence-electron chi connectivity index (χ1n) is 3.88. The molecule has 0 aliphatic carbocycles. The summed E-state index contributed by atoms with van der Waals surface area (Å²) in [5.74, 6) is 1.85. The van der Waals surface area contributed by atoms with Crippen molar-refractivity contribution in [3.63, 3.8) is 0 Å². The lowest BCUT2D eigenvalue weighted by atomic mass is 9.95. The minimum Gasteiger partial charge on any atom is -0.348 e. The lowest BCUT2D eigenvalue weighted by molar-refractivity contribution is 0.397. The van der Waals surface area contributed by atoms with Gasteiger partial charge >= 0.3 is 0 Å². The molecular weight excluding hydrogens is 109 g/mol. The summed E-state index contributed by atoms with van der Waals surface area (Å²) < 4.78 is 0. The third-order valence-corrected chi connectivity index (χ3v) is 2.37. The highest BCUT2D eigenvalue weighted by Crippen LogP contribution is 2.21. The fourth-order valence-corrected chi connectivity index (χ4v) is 1.51. The molecule has 0 amide bonds. The Balaban J connectivity index is 2.30. The van der Waals surface area contributed by atoms with E-state index in [9.17, 15) is 0 Å². The van der Waals surface area contributed by atoms with Crippen molar-refractivity contribution in [3.8, 4) is 0 Å². The fraction of sp³-hybridized carbons (Fsp3) is 1.00. The van der Waals surface area contributed by atoms with Gasteiger partial charge in [0, 0.05) is 0 Å². The molecule has 1 heterocycles. The van der Waals surface area contributed by atoms with Crippen molar-refractivity contribution in [3.05, 3.63) is 0 Å². The van der Waals surface area contributed by atoms with Crippen LogP contribution in [-0.2, 0) is 0 Å². The molecule has 1 fully saturated rings. The molecule has 0 aromatic rings. The van der Waals surface area contributed by atoms with Gasteiger partial charge < -0.3 is 4.81 Å². The summed E-state index contributed by atoms with van der Waals surface area (Å²) in [4.78, 5) is 2.42. The molecule has 1 atom stereocenters. The minimum atomic E-state index is 0.884. The minimum absolute atomic E-state index is 0.884. The summed E-state index contributed by atoms with van der Waals surface area (Å²) in [6.07, 6.45) is 1.41. The maximum absolute atomic E-state index is 2.42. The second kappa shape index (κ2) is 2.74. The van der Waals surface area contributed by atoms with E-state index in [2.05, 4.69) is 26.6 Å². The third kappa shape index (κ3) is 1.72. The number of rotatable bonds is 1. The summed E-state index contributed by atoms with van der Waals surface area (Å²) in [7, 11) is 2.21. The van der Waals surface area contributed by atoms with Crippen LogP contribution in [0.3, 0.4) is 0 Å². The van der Waals surface area contributed by atoms with Crippen molar-refractivity contribution in [2.75, 3.05) is 13.1 Å². The zero-order valence-corrected chi connectivity index (χ0v) is 6.72. The first-order valence-corrected chi connectivity index (χ1v) is 3.88. The van der Waals surface area contributed by atoms with Crippen LogP contribution < -0.4 is 0 Å². The molecule has 9 heavy (non-hydrogen) atoms. The molecule has 2 heteroatoms. The molecule has 1 saturated heterocycles. The van der Waals surface area contributed by atoms with Gasteiger partial charge in [0.25, 0.3) is 0 Å². The Morgan fingerprint density at radius 2 is 2.22 bits per heavy atom. The Kier molecular flexibility index (Phi) is 2.17. The highest BCUT2D eigenvalue weighted by Gasteiger charge is 2.21. The molecule has 1 nitrogen and oxygen atoms in total. The molecule has 0 radical (unpaired) electrons. The molecule has 0 N–H and O–H groups in total. The van der Waals surface area contributed by atoms with Gasteiger partial charge in [-0.3, -0.25) is 0 Å². The largest absolute Gasteiger partial charge is 0.348 e. The zero-order valence-electron chi connectivity index (χ0n) is 6.72. The number of hydrogen-bond acceptors (Lipinski definition) is 1. The Hall–Kier alpha value is 0.0249. The highest BCUT2D eigenvalue weighted by molar-refractivity contribution is 6.04. The van der Waals surface area contributed by atoms with E-state index in [4.69, 9.17) is 0 Å². The summed E-state index contributed by atoms with van der Waals surface area (Å²) >= 11 is 0. The van der Waals surface area contributed by atoms with Crippen LogP contribution in [-0.4, -0.2) is 25.9 Å². The predicted molar refractivity (Wildman–Crippen MR) is 43.1 cm³/mol. The van der Waals surface area contributed by atoms with Crippen molar-refractivity contribution < 1.29 is 0 Å². The molecule has 0 aromatic heterocycles. The van der Waals surface area contributed by atoms with Crippen LogP contribution in [0, 0.1) is 11.8 Å². The first-order chi connectivity index (χ1) is 4.20. The molecule has 0 aromatic carbocycles. The van der Waals surface area contributed by atoms with E-state index in [-0.39, 0.29) is 0 Å². The van der Waals surface area contributed by atoms with Crippen LogP contribution in [0.2, 0.25) is 0 Å². The van der Waals surface area contributed by atoms with Crippen molar-refractivity contribution >= 4 is 7.98 Å². The van der Waals surface area contributed by atoms with Gasteiger partial charge in [-0.2, -0.15) is 0 Å². The SMILES string of the molecule is BN1CCC(C(C)C)C1. The van der Waals surface area contributed by atoms with Crippen LogP contribution >= 0.6 is 0 Å². The lowest BCUT2D eigenvalue weighted by Crippen LogP contribution is -2.18. The van der Waals surface area contributed by atoms with Gasteiger partial charge in [0.1, 0.15) is 0 Å². The second-order valence-corrected chi connectivity index (χ2v) is 3.56. The fourth-order valence-electron chi connectivity index (χ4n) is 1.51. The van der Waals surface area contributed by atoms with E-state index in [1.165, 1.54) is 19.5 Å². The first kappa shape index (κ1) is 7.14. The topological polar surface area (TPSA) is 3.24 Å². The van der Waals surface area contributed by atoms with E-state index in [1.807, 2.05) is 0 Å². The second-order valence-electron chi connectivity index (χ2n) is 3.56. The monoisotopic (exact) mass is 125 g/mol. The number of hydrogen-bond donors (Lipinski definition) is 0. The Labute approximate surface area is 58.9 Å². The van der Waals surface area contributed by atoms with E-state index in [1.54, 1.807) is 0 Å². The van der Waals surface area contributed by atoms with Gasteiger partial charge in [-0.15, -0.1) is 0 Å². The molecular formula is C7H16BN. The Morgan fingerprint density at radius 3 is 2.44 bits per heavy atom. The van der Waals surface area contributed by atoms with Crippen molar-refractivity contribution in [1.82, 2.24) is 4.81 Å². The van der Waals surface area contributed by atoms with Gasteiger partial charge in [-0.1, -0.05) is 13.8 Å². The maximum Gasteiger partial charge on any atom is 0.185 e. The average molecular weight is 125 g/mol. The van der Waals surface area contributed by atoms with Crippen LogP contribution in [0.1, 0.15) is 20.3 Å². The van der Waals surface area contributed by atoms with Crippen LogP contribution in [0.25, 0.3) is 0 Å². The van der Waals surface area contributed by atoms with Crippen LogP contribution in [0.4, 0.5) is 0 Å². The van der Waals surface area contributed by atoms with Crippen LogP contribution in [0.5, 0.6) is 0 Å². The normalized spacial score (nSPS) is 29.9. The molecule has 52 valence electrons. The number of nitrogens with zero attached hydrogens (tertiary/aromatic N) is 1. The molecule has 1 aliphatic rings. The summed E-state index contributed by atoms with van der Waals surface area (Å²) in [6.45, 7) is 7.27. The van der Waals surface area contributed by atoms with Crippen molar-refractivity contribution in [1.29, 1.82) is 0 Å². The summed E-state index contributed by atoms with van der Waals surface area (Å²) in [6, 6.07) is 0. The van der Waals surface area contributed by atoms with Crippen molar-refractivity contribution in [2.24, 2.45) is 11.8 Å². The molecule has 0 saturated carbocycles. The predicted octanol–water partition coefficient (Wildman–Crippen LogP) is 0.512. The van der Waals surface area contributed by atoms with Gasteiger partial charge in [0.15, 0.2) is 7.98 Å². The Bertz CT molecular complexity index is 92.9. The van der Waals surface area contributed by atoms with E-state index in [0.717, 1.165) is 11.8 Å². The maximum atomic E-state index is 2.42. The molecule has 1 rings (SSSR count). The van der Waals surface area contributed by atoms with E-state index >= 15 is 0 Å².